The average Bonchev–Trinajstić information content (AvgIpc) is 3.06. The van der Waals surface area contributed by atoms with Crippen LogP contribution in [0.15, 0.2) is 17.0 Å². The fourth-order valence-electron chi connectivity index (χ4n) is 2.53. The largest absolute Gasteiger partial charge is 0.447 e. The topological polar surface area (TPSA) is 73.0 Å². The minimum absolute atomic E-state index is 0.123. The van der Waals surface area contributed by atoms with Gasteiger partial charge in [0.15, 0.2) is 12.1 Å². The predicted octanol–water partition coefficient (Wildman–Crippen LogP) is 2.58. The van der Waals surface area contributed by atoms with Crippen LogP contribution in [0, 0.1) is 0 Å². The molecule has 3 heterocycles. The van der Waals surface area contributed by atoms with E-state index in [1.165, 1.54) is 6.39 Å². The molecule has 0 spiro atoms. The van der Waals surface area contributed by atoms with Crippen LogP contribution in [0.5, 0.6) is 0 Å². The highest BCUT2D eigenvalue weighted by Crippen LogP contribution is 2.22. The second kappa shape index (κ2) is 5.11. The van der Waals surface area contributed by atoms with Crippen molar-refractivity contribution in [2.24, 2.45) is 0 Å². The minimum atomic E-state index is -0.240. The van der Waals surface area contributed by atoms with Crippen LogP contribution in [0.3, 0.4) is 0 Å². The molecule has 0 atom stereocenters. The lowest BCUT2D eigenvalue weighted by Crippen LogP contribution is -2.19. The summed E-state index contributed by atoms with van der Waals surface area (Å²) in [5.41, 5.74) is 0.353. The lowest BCUT2D eigenvalue weighted by atomic mass is 10.1. The number of amides is 1. The van der Waals surface area contributed by atoms with Crippen LogP contribution >= 0.6 is 0 Å². The van der Waals surface area contributed by atoms with Gasteiger partial charge in [0.05, 0.1) is 6.20 Å². The zero-order chi connectivity index (χ0) is 14.1. The van der Waals surface area contributed by atoms with Crippen molar-refractivity contribution in [3.63, 3.8) is 0 Å². The van der Waals surface area contributed by atoms with Crippen LogP contribution in [0.25, 0.3) is 0 Å². The molecule has 2 aromatic rings. The first-order valence-corrected chi connectivity index (χ1v) is 6.96. The van der Waals surface area contributed by atoms with Gasteiger partial charge in [-0.3, -0.25) is 4.79 Å². The van der Waals surface area contributed by atoms with Gasteiger partial charge in [0, 0.05) is 18.9 Å². The van der Waals surface area contributed by atoms with Crippen molar-refractivity contribution >= 4 is 11.7 Å². The van der Waals surface area contributed by atoms with Crippen LogP contribution in [0.2, 0.25) is 0 Å². The molecular weight excluding hydrogens is 256 g/mol. The molecule has 6 nitrogen and oxygen atoms in total. The van der Waals surface area contributed by atoms with Crippen LogP contribution < -0.4 is 5.32 Å². The number of hydrogen-bond donors (Lipinski definition) is 1. The van der Waals surface area contributed by atoms with Crippen molar-refractivity contribution in [1.29, 1.82) is 0 Å². The lowest BCUT2D eigenvalue weighted by Gasteiger charge is -2.16. The first-order chi connectivity index (χ1) is 9.66. The molecule has 1 aliphatic rings. The molecular formula is C14H18N4O2. The van der Waals surface area contributed by atoms with Crippen molar-refractivity contribution < 1.29 is 9.21 Å². The zero-order valence-corrected chi connectivity index (χ0v) is 11.7. The molecule has 1 amide bonds. The van der Waals surface area contributed by atoms with Gasteiger partial charge in [-0.2, -0.15) is 0 Å². The van der Waals surface area contributed by atoms with Gasteiger partial charge in [-0.1, -0.05) is 13.8 Å². The number of oxazole rings is 1. The van der Waals surface area contributed by atoms with Gasteiger partial charge in [0.1, 0.15) is 17.4 Å². The highest BCUT2D eigenvalue weighted by molar-refractivity contribution is 6.03. The van der Waals surface area contributed by atoms with E-state index in [1.54, 1.807) is 6.20 Å². The molecule has 2 aromatic heterocycles. The summed E-state index contributed by atoms with van der Waals surface area (Å²) < 4.78 is 7.35. The summed E-state index contributed by atoms with van der Waals surface area (Å²) in [4.78, 5) is 20.7. The highest BCUT2D eigenvalue weighted by Gasteiger charge is 2.21. The van der Waals surface area contributed by atoms with Crippen molar-refractivity contribution in [3.8, 4) is 0 Å². The summed E-state index contributed by atoms with van der Waals surface area (Å²) in [5, 5.41) is 2.89. The van der Waals surface area contributed by atoms with Gasteiger partial charge in [-0.05, 0) is 12.8 Å². The smallest absolute Gasteiger partial charge is 0.279 e. The molecule has 106 valence electrons. The van der Waals surface area contributed by atoms with Crippen LogP contribution in [0.1, 0.15) is 54.7 Å². The number of fused-ring (bicyclic) bond motifs is 1. The molecule has 20 heavy (non-hydrogen) atoms. The molecule has 0 radical (unpaired) electrons. The third kappa shape index (κ3) is 2.21. The normalized spacial score (nSPS) is 14.3. The molecule has 0 unspecified atom stereocenters. The highest BCUT2D eigenvalue weighted by atomic mass is 16.3. The van der Waals surface area contributed by atoms with E-state index in [9.17, 15) is 4.79 Å². The number of hydrogen-bond acceptors (Lipinski definition) is 4. The summed E-state index contributed by atoms with van der Waals surface area (Å²) in [5.74, 6) is 2.27. The van der Waals surface area contributed by atoms with Crippen molar-refractivity contribution in [2.75, 3.05) is 5.32 Å². The van der Waals surface area contributed by atoms with Crippen molar-refractivity contribution in [1.82, 2.24) is 14.5 Å². The summed E-state index contributed by atoms with van der Waals surface area (Å²) in [7, 11) is 0. The third-order valence-corrected chi connectivity index (χ3v) is 3.55. The van der Waals surface area contributed by atoms with Gasteiger partial charge >= 0.3 is 0 Å². The predicted molar refractivity (Wildman–Crippen MR) is 73.7 cm³/mol. The van der Waals surface area contributed by atoms with E-state index in [1.807, 2.05) is 13.8 Å². The first-order valence-electron chi connectivity index (χ1n) is 6.96. The molecule has 3 rings (SSSR count). The van der Waals surface area contributed by atoms with Crippen LogP contribution in [-0.4, -0.2) is 20.4 Å². The number of nitrogens with zero attached hydrogens (tertiary/aromatic N) is 3. The third-order valence-electron chi connectivity index (χ3n) is 3.55. The average molecular weight is 274 g/mol. The maximum absolute atomic E-state index is 12.3. The number of imidazole rings is 1. The standard InChI is InChI=1S/C14H18N4O2/c1-9(2)13-12(16-8-20-13)14(19)17-11-7-15-10-5-3-4-6-18(10)11/h7-9H,3-6H2,1-2H3,(H,17,19). The van der Waals surface area contributed by atoms with Crippen LogP contribution in [0.4, 0.5) is 5.82 Å². The summed E-state index contributed by atoms with van der Waals surface area (Å²) in [6.45, 7) is 4.84. The Kier molecular flexibility index (Phi) is 3.30. The Hall–Kier alpha value is -2.11. The van der Waals surface area contributed by atoms with E-state index in [-0.39, 0.29) is 11.8 Å². The Morgan fingerprint density at radius 3 is 3.05 bits per heavy atom. The van der Waals surface area contributed by atoms with Crippen LogP contribution in [-0.2, 0) is 13.0 Å². The van der Waals surface area contributed by atoms with Gasteiger partial charge in [-0.25, -0.2) is 9.97 Å². The Morgan fingerprint density at radius 1 is 1.40 bits per heavy atom. The molecule has 1 aliphatic heterocycles. The number of carbonyl (C=O) groups excluding carboxylic acids is 1. The number of carbonyl (C=O) groups is 1. The molecule has 0 fully saturated rings. The quantitative estimate of drug-likeness (QED) is 0.933. The number of aryl methyl sites for hydroxylation is 1. The molecule has 0 aliphatic carbocycles. The Morgan fingerprint density at radius 2 is 2.25 bits per heavy atom. The minimum Gasteiger partial charge on any atom is -0.447 e. The summed E-state index contributed by atoms with van der Waals surface area (Å²) in [6.07, 6.45) is 6.28. The van der Waals surface area contributed by atoms with E-state index in [0.717, 1.165) is 37.4 Å². The Bertz CT molecular complexity index is 627. The molecule has 6 heteroatoms. The fourth-order valence-corrected chi connectivity index (χ4v) is 2.53. The molecule has 0 aromatic carbocycles. The maximum atomic E-state index is 12.3. The van der Waals surface area contributed by atoms with E-state index >= 15 is 0 Å². The number of rotatable bonds is 3. The van der Waals surface area contributed by atoms with E-state index in [0.29, 0.717) is 11.5 Å². The van der Waals surface area contributed by atoms with Crippen molar-refractivity contribution in [3.05, 3.63) is 29.9 Å². The van der Waals surface area contributed by atoms with Gasteiger partial charge in [0.2, 0.25) is 0 Å². The second-order valence-electron chi connectivity index (χ2n) is 5.34. The molecule has 0 saturated heterocycles. The monoisotopic (exact) mass is 274 g/mol. The van der Waals surface area contributed by atoms with Gasteiger partial charge in [-0.15, -0.1) is 0 Å². The summed E-state index contributed by atoms with van der Waals surface area (Å²) in [6, 6.07) is 0. The van der Waals surface area contributed by atoms with E-state index in [4.69, 9.17) is 4.42 Å². The number of anilines is 1. The lowest BCUT2D eigenvalue weighted by molar-refractivity contribution is 0.101. The zero-order valence-electron chi connectivity index (χ0n) is 11.7. The van der Waals surface area contributed by atoms with Gasteiger partial charge in [0.25, 0.3) is 5.91 Å². The number of nitrogens with one attached hydrogen (secondary N) is 1. The van der Waals surface area contributed by atoms with Gasteiger partial charge < -0.3 is 14.3 Å². The number of aromatic nitrogens is 3. The molecule has 0 bridgehead atoms. The first kappa shape index (κ1) is 12.9. The fraction of sp³-hybridized carbons (Fsp3) is 0.500. The second-order valence-corrected chi connectivity index (χ2v) is 5.34. The van der Waals surface area contributed by atoms with E-state index < -0.39 is 0 Å². The Balaban J connectivity index is 1.82. The SMILES string of the molecule is CC(C)c1ocnc1C(=O)Nc1cnc2n1CCCC2. The molecule has 1 N–H and O–H groups in total. The summed E-state index contributed by atoms with van der Waals surface area (Å²) >= 11 is 0. The Labute approximate surface area is 117 Å². The maximum Gasteiger partial charge on any atom is 0.279 e. The van der Waals surface area contributed by atoms with Crippen molar-refractivity contribution in [2.45, 2.75) is 45.6 Å². The molecule has 0 saturated carbocycles. The van der Waals surface area contributed by atoms with E-state index in [2.05, 4.69) is 19.9 Å².